The van der Waals surface area contributed by atoms with Crippen LogP contribution in [-0.2, 0) is 17.6 Å². The minimum Gasteiger partial charge on any atom is -0.339 e. The van der Waals surface area contributed by atoms with Crippen LogP contribution in [0.25, 0.3) is 0 Å². The van der Waals surface area contributed by atoms with Crippen molar-refractivity contribution in [2.45, 2.75) is 32.6 Å². The first-order chi connectivity index (χ1) is 13.1. The highest BCUT2D eigenvalue weighted by Gasteiger charge is 2.26. The minimum absolute atomic E-state index is 0.0633. The average molecular weight is 362 g/mol. The van der Waals surface area contributed by atoms with E-state index in [2.05, 4.69) is 30.3 Å². The summed E-state index contributed by atoms with van der Waals surface area (Å²) in [7, 11) is 0. The van der Waals surface area contributed by atoms with Crippen molar-refractivity contribution >= 4 is 17.5 Å². The maximum absolute atomic E-state index is 12.9. The number of anilines is 1. The molecular weight excluding hydrogens is 336 g/mol. The monoisotopic (exact) mass is 362 g/mol. The molecule has 2 aliphatic heterocycles. The van der Waals surface area contributed by atoms with E-state index in [1.165, 1.54) is 5.56 Å². The van der Waals surface area contributed by atoms with Gasteiger partial charge in [-0.25, -0.2) is 0 Å². The molecule has 2 heterocycles. The summed E-state index contributed by atoms with van der Waals surface area (Å²) < 4.78 is 0. The predicted octanol–water partition coefficient (Wildman–Crippen LogP) is 3.69. The van der Waals surface area contributed by atoms with Crippen molar-refractivity contribution in [1.82, 2.24) is 4.90 Å². The van der Waals surface area contributed by atoms with Gasteiger partial charge in [-0.2, -0.15) is 0 Å². The highest BCUT2D eigenvalue weighted by atomic mass is 16.2. The van der Waals surface area contributed by atoms with Crippen molar-refractivity contribution < 1.29 is 9.59 Å². The lowest BCUT2D eigenvalue weighted by Crippen LogP contribution is -2.39. The Balaban J connectivity index is 1.38. The molecule has 0 unspecified atom stereocenters. The van der Waals surface area contributed by atoms with Crippen molar-refractivity contribution in [3.05, 3.63) is 65.2 Å². The molecule has 4 nitrogen and oxygen atoms in total. The first kappa shape index (κ1) is 17.8. The van der Waals surface area contributed by atoms with Crippen molar-refractivity contribution in [3.63, 3.8) is 0 Å². The summed E-state index contributed by atoms with van der Waals surface area (Å²) in [5.41, 5.74) is 4.20. The van der Waals surface area contributed by atoms with Gasteiger partial charge in [0.25, 0.3) is 5.91 Å². The van der Waals surface area contributed by atoms with Gasteiger partial charge in [-0.05, 0) is 60.9 Å². The Bertz CT molecular complexity index is 839. The van der Waals surface area contributed by atoms with Crippen LogP contribution in [0.15, 0.2) is 48.5 Å². The number of nitrogens with zero attached hydrogens (tertiary/aromatic N) is 2. The number of piperidine rings is 1. The number of hydrogen-bond acceptors (Lipinski definition) is 2. The van der Waals surface area contributed by atoms with Crippen LogP contribution < -0.4 is 4.90 Å². The van der Waals surface area contributed by atoms with Crippen LogP contribution in [0.4, 0.5) is 5.69 Å². The van der Waals surface area contributed by atoms with E-state index in [-0.39, 0.29) is 11.8 Å². The molecule has 0 N–H and O–H groups in total. The Hall–Kier alpha value is -2.62. The van der Waals surface area contributed by atoms with Gasteiger partial charge in [-0.15, -0.1) is 0 Å². The quantitative estimate of drug-likeness (QED) is 0.835. The van der Waals surface area contributed by atoms with E-state index in [4.69, 9.17) is 0 Å². The Morgan fingerprint density at radius 2 is 1.74 bits per heavy atom. The fraction of sp³-hybridized carbons (Fsp3) is 0.391. The Labute approximate surface area is 160 Å². The Morgan fingerprint density at radius 3 is 2.44 bits per heavy atom. The fourth-order valence-corrected chi connectivity index (χ4v) is 4.33. The first-order valence-corrected chi connectivity index (χ1v) is 9.86. The molecule has 2 amide bonds. The van der Waals surface area contributed by atoms with E-state index in [9.17, 15) is 9.59 Å². The number of rotatable bonds is 3. The molecule has 1 saturated heterocycles. The van der Waals surface area contributed by atoms with Gasteiger partial charge < -0.3 is 9.80 Å². The number of benzene rings is 2. The molecule has 4 heteroatoms. The van der Waals surface area contributed by atoms with E-state index in [0.29, 0.717) is 12.5 Å². The molecule has 0 aliphatic carbocycles. The minimum atomic E-state index is 0.0633. The van der Waals surface area contributed by atoms with Gasteiger partial charge in [0.2, 0.25) is 5.91 Å². The first-order valence-electron chi connectivity index (χ1n) is 9.86. The lowest BCUT2D eigenvalue weighted by atomic mass is 9.90. The highest BCUT2D eigenvalue weighted by Crippen LogP contribution is 2.30. The number of hydrogen-bond donors (Lipinski definition) is 0. The highest BCUT2D eigenvalue weighted by molar-refractivity contribution is 5.97. The maximum atomic E-state index is 12.9. The van der Waals surface area contributed by atoms with Gasteiger partial charge in [0.15, 0.2) is 0 Å². The molecule has 0 radical (unpaired) electrons. The third-order valence-corrected chi connectivity index (χ3v) is 5.87. The van der Waals surface area contributed by atoms with Crippen molar-refractivity contribution in [2.24, 2.45) is 5.92 Å². The molecule has 27 heavy (non-hydrogen) atoms. The molecule has 2 aliphatic rings. The van der Waals surface area contributed by atoms with E-state index in [0.717, 1.165) is 55.6 Å². The second-order valence-electron chi connectivity index (χ2n) is 7.69. The summed E-state index contributed by atoms with van der Waals surface area (Å²) in [4.78, 5) is 28.4. The molecule has 140 valence electrons. The summed E-state index contributed by atoms with van der Waals surface area (Å²) in [6.07, 6.45) is 4.05. The normalized spacial score (nSPS) is 17.1. The van der Waals surface area contributed by atoms with Gasteiger partial charge >= 0.3 is 0 Å². The van der Waals surface area contributed by atoms with Gasteiger partial charge in [0, 0.05) is 37.8 Å². The van der Waals surface area contributed by atoms with Gasteiger partial charge in [0.1, 0.15) is 0 Å². The number of carbonyl (C=O) groups excluding carboxylic acids is 2. The maximum Gasteiger partial charge on any atom is 0.253 e. The zero-order chi connectivity index (χ0) is 18.8. The smallest absolute Gasteiger partial charge is 0.253 e. The van der Waals surface area contributed by atoms with Crippen LogP contribution in [0, 0.1) is 5.92 Å². The van der Waals surface area contributed by atoms with Gasteiger partial charge in [0.05, 0.1) is 0 Å². The standard InChI is InChI=1S/C23H26N2O2/c1-17(26)25-14-11-20-16-21(7-8-22(20)25)23(27)24-12-9-19(10-13-24)15-18-5-3-2-4-6-18/h2-8,16,19H,9-15H2,1H3. The predicted molar refractivity (Wildman–Crippen MR) is 107 cm³/mol. The van der Waals surface area contributed by atoms with Gasteiger partial charge in [-0.1, -0.05) is 30.3 Å². The SMILES string of the molecule is CC(=O)N1CCc2cc(C(=O)N3CCC(Cc4ccccc4)CC3)ccc21. The lowest BCUT2D eigenvalue weighted by molar-refractivity contribution is -0.116. The number of carbonyl (C=O) groups is 2. The second kappa shape index (κ2) is 7.55. The summed E-state index contributed by atoms with van der Waals surface area (Å²) in [6, 6.07) is 16.4. The summed E-state index contributed by atoms with van der Waals surface area (Å²) in [6.45, 7) is 3.96. The van der Waals surface area contributed by atoms with E-state index >= 15 is 0 Å². The second-order valence-corrected chi connectivity index (χ2v) is 7.69. The topological polar surface area (TPSA) is 40.6 Å². The summed E-state index contributed by atoms with van der Waals surface area (Å²) in [5.74, 6) is 0.839. The number of likely N-dealkylation sites (tertiary alicyclic amines) is 1. The Kier molecular flexibility index (Phi) is 4.97. The van der Waals surface area contributed by atoms with E-state index < -0.39 is 0 Å². The van der Waals surface area contributed by atoms with Crippen LogP contribution in [0.3, 0.4) is 0 Å². The Morgan fingerprint density at radius 1 is 1.00 bits per heavy atom. The fourth-order valence-electron chi connectivity index (χ4n) is 4.33. The number of fused-ring (bicyclic) bond motifs is 1. The van der Waals surface area contributed by atoms with Gasteiger partial charge in [-0.3, -0.25) is 9.59 Å². The third kappa shape index (κ3) is 3.75. The molecule has 2 aromatic carbocycles. The van der Waals surface area contributed by atoms with Crippen LogP contribution in [0.5, 0.6) is 0 Å². The lowest BCUT2D eigenvalue weighted by Gasteiger charge is -2.32. The van der Waals surface area contributed by atoms with Crippen LogP contribution >= 0.6 is 0 Å². The molecule has 0 bridgehead atoms. The molecule has 0 saturated carbocycles. The molecule has 0 atom stereocenters. The average Bonchev–Trinajstić information content (AvgIpc) is 3.12. The zero-order valence-electron chi connectivity index (χ0n) is 15.9. The zero-order valence-corrected chi connectivity index (χ0v) is 15.9. The van der Waals surface area contributed by atoms with Crippen LogP contribution in [-0.4, -0.2) is 36.3 Å². The number of amides is 2. The van der Waals surface area contributed by atoms with Crippen LogP contribution in [0.2, 0.25) is 0 Å². The van der Waals surface area contributed by atoms with Crippen molar-refractivity contribution in [2.75, 3.05) is 24.5 Å². The molecule has 4 rings (SSSR count). The van der Waals surface area contributed by atoms with Crippen molar-refractivity contribution in [3.8, 4) is 0 Å². The summed E-state index contributed by atoms with van der Waals surface area (Å²) >= 11 is 0. The van der Waals surface area contributed by atoms with Crippen LogP contribution in [0.1, 0.15) is 41.3 Å². The third-order valence-electron chi connectivity index (χ3n) is 5.87. The van der Waals surface area contributed by atoms with Crippen molar-refractivity contribution in [1.29, 1.82) is 0 Å². The molecule has 0 aromatic heterocycles. The molecular formula is C23H26N2O2. The molecule has 0 spiro atoms. The largest absolute Gasteiger partial charge is 0.339 e. The van der Waals surface area contributed by atoms with E-state index in [1.54, 1.807) is 11.8 Å². The summed E-state index contributed by atoms with van der Waals surface area (Å²) in [5, 5.41) is 0. The molecule has 2 aromatic rings. The molecule has 1 fully saturated rings. The van der Waals surface area contributed by atoms with E-state index in [1.807, 2.05) is 23.1 Å².